The van der Waals surface area contributed by atoms with E-state index in [1.807, 2.05) is 0 Å². The fourth-order valence-electron chi connectivity index (χ4n) is 0.719. The molecule has 0 aliphatic rings. The van der Waals surface area contributed by atoms with Crippen molar-refractivity contribution in [2.45, 2.75) is 6.54 Å². The molecule has 0 bridgehead atoms. The number of nitrogens with zero attached hydrogens (tertiary/aromatic N) is 3. The Labute approximate surface area is 81.5 Å². The van der Waals surface area contributed by atoms with E-state index in [-0.39, 0.29) is 18.2 Å². The second-order valence-electron chi connectivity index (χ2n) is 2.11. The van der Waals surface area contributed by atoms with Crippen LogP contribution in [0.2, 0.25) is 0 Å². The van der Waals surface area contributed by atoms with Gasteiger partial charge >= 0.3 is 5.97 Å². The Kier molecular flexibility index (Phi) is 5.01. The lowest BCUT2D eigenvalue weighted by atomic mass is 10.6. The molecule has 0 aromatic carbocycles. The molecular weight excluding hydrogens is 196 g/mol. The molecule has 0 unspecified atom stereocenters. The van der Waals surface area contributed by atoms with Crippen molar-refractivity contribution in [3.8, 4) is 0 Å². The molecule has 2 N–H and O–H groups in total. The van der Waals surface area contributed by atoms with Gasteiger partial charge in [0.05, 0.1) is 13.7 Å². The first-order valence-corrected chi connectivity index (χ1v) is 3.45. The number of nitrogens with two attached hydrogens (primary N) is 1. The Morgan fingerprint density at radius 3 is 3.00 bits per heavy atom. The van der Waals surface area contributed by atoms with Crippen molar-refractivity contribution in [2.75, 3.05) is 13.7 Å². The van der Waals surface area contributed by atoms with Gasteiger partial charge in [0.25, 0.3) is 5.82 Å². The summed E-state index contributed by atoms with van der Waals surface area (Å²) in [6.07, 6.45) is 1.44. The van der Waals surface area contributed by atoms with Gasteiger partial charge in [-0.3, -0.25) is 4.68 Å². The largest absolute Gasteiger partial charge is 0.463 e. The molecule has 0 atom stereocenters. The lowest BCUT2D eigenvalue weighted by Gasteiger charge is -1.93. The number of carbonyl (C=O) groups is 1. The standard InChI is InChI=1S/C6H10N4O2.ClH/c1-12-6(11)5-8-4-10(9-5)3-2-7;/h4H,2-3,7H2,1H3;1H. The monoisotopic (exact) mass is 206 g/mol. The fourth-order valence-corrected chi connectivity index (χ4v) is 0.719. The van der Waals surface area contributed by atoms with E-state index in [2.05, 4.69) is 14.8 Å². The molecule has 7 heteroatoms. The Morgan fingerprint density at radius 1 is 1.77 bits per heavy atom. The number of hydrogen-bond acceptors (Lipinski definition) is 5. The van der Waals surface area contributed by atoms with Gasteiger partial charge in [0, 0.05) is 6.54 Å². The summed E-state index contributed by atoms with van der Waals surface area (Å²) in [5.74, 6) is -0.475. The number of ether oxygens (including phenoxy) is 1. The van der Waals surface area contributed by atoms with Crippen LogP contribution in [0, 0.1) is 0 Å². The van der Waals surface area contributed by atoms with Crippen LogP contribution in [0.5, 0.6) is 0 Å². The van der Waals surface area contributed by atoms with Crippen molar-refractivity contribution in [3.63, 3.8) is 0 Å². The molecule has 1 heterocycles. The number of methoxy groups -OCH3 is 1. The van der Waals surface area contributed by atoms with E-state index in [4.69, 9.17) is 5.73 Å². The number of aromatic nitrogens is 3. The minimum Gasteiger partial charge on any atom is -0.463 e. The van der Waals surface area contributed by atoms with Crippen molar-refractivity contribution in [3.05, 3.63) is 12.2 Å². The highest BCUT2D eigenvalue weighted by Gasteiger charge is 2.10. The molecule has 13 heavy (non-hydrogen) atoms. The fraction of sp³-hybridized carbons (Fsp3) is 0.500. The van der Waals surface area contributed by atoms with Crippen molar-refractivity contribution >= 4 is 18.4 Å². The normalized spacial score (nSPS) is 9.08. The maximum absolute atomic E-state index is 10.8. The van der Waals surface area contributed by atoms with E-state index >= 15 is 0 Å². The van der Waals surface area contributed by atoms with E-state index in [9.17, 15) is 4.79 Å². The SMILES string of the molecule is COC(=O)c1ncn(CCN)n1.Cl. The number of esters is 1. The highest BCUT2D eigenvalue weighted by molar-refractivity contribution is 5.85. The van der Waals surface area contributed by atoms with Crippen LogP contribution < -0.4 is 5.73 Å². The lowest BCUT2D eigenvalue weighted by Crippen LogP contribution is -2.11. The van der Waals surface area contributed by atoms with E-state index in [0.29, 0.717) is 13.1 Å². The Bertz CT molecular complexity index is 275. The van der Waals surface area contributed by atoms with Crippen molar-refractivity contribution in [1.29, 1.82) is 0 Å². The maximum atomic E-state index is 10.8. The maximum Gasteiger partial charge on any atom is 0.377 e. The van der Waals surface area contributed by atoms with Gasteiger partial charge in [-0.2, -0.15) is 0 Å². The molecule has 0 aliphatic heterocycles. The van der Waals surface area contributed by atoms with Crippen LogP contribution in [0.1, 0.15) is 10.6 Å². The van der Waals surface area contributed by atoms with E-state index < -0.39 is 5.97 Å². The smallest absolute Gasteiger partial charge is 0.377 e. The topological polar surface area (TPSA) is 83.0 Å². The van der Waals surface area contributed by atoms with Crippen LogP contribution in [0.15, 0.2) is 6.33 Å². The molecule has 0 saturated heterocycles. The number of halogens is 1. The lowest BCUT2D eigenvalue weighted by molar-refractivity contribution is 0.0586. The van der Waals surface area contributed by atoms with Crippen LogP contribution in [0.3, 0.4) is 0 Å². The summed E-state index contributed by atoms with van der Waals surface area (Å²) >= 11 is 0. The quantitative estimate of drug-likeness (QED) is 0.671. The van der Waals surface area contributed by atoms with Gasteiger partial charge in [0.15, 0.2) is 0 Å². The Morgan fingerprint density at radius 2 is 2.46 bits per heavy atom. The van der Waals surface area contributed by atoms with Crippen molar-refractivity contribution in [1.82, 2.24) is 14.8 Å². The van der Waals surface area contributed by atoms with Crippen LogP contribution in [-0.4, -0.2) is 34.4 Å². The van der Waals surface area contributed by atoms with Gasteiger partial charge in [-0.15, -0.1) is 17.5 Å². The molecule has 0 aliphatic carbocycles. The zero-order valence-electron chi connectivity index (χ0n) is 7.14. The molecule has 1 aromatic rings. The minimum absolute atomic E-state index is 0. The average molecular weight is 207 g/mol. The van der Waals surface area contributed by atoms with Gasteiger partial charge < -0.3 is 10.5 Å². The van der Waals surface area contributed by atoms with Gasteiger partial charge in [0.2, 0.25) is 0 Å². The number of hydrogen-bond donors (Lipinski definition) is 1. The average Bonchev–Trinajstić information content (AvgIpc) is 2.52. The summed E-state index contributed by atoms with van der Waals surface area (Å²) in [4.78, 5) is 14.6. The van der Waals surface area contributed by atoms with E-state index in [0.717, 1.165) is 0 Å². The summed E-state index contributed by atoms with van der Waals surface area (Å²) in [7, 11) is 1.28. The van der Waals surface area contributed by atoms with Crippen LogP contribution >= 0.6 is 12.4 Å². The first kappa shape index (κ1) is 11.9. The third kappa shape index (κ3) is 3.00. The first-order valence-electron chi connectivity index (χ1n) is 3.45. The van der Waals surface area contributed by atoms with Crippen molar-refractivity contribution in [2.24, 2.45) is 5.73 Å². The Balaban J connectivity index is 0.00000144. The number of rotatable bonds is 3. The predicted octanol–water partition coefficient (Wildman–Crippen LogP) is -0.555. The van der Waals surface area contributed by atoms with E-state index in [1.165, 1.54) is 18.1 Å². The zero-order chi connectivity index (χ0) is 8.97. The highest BCUT2D eigenvalue weighted by Crippen LogP contribution is 1.91. The third-order valence-corrected chi connectivity index (χ3v) is 1.26. The molecule has 6 nitrogen and oxygen atoms in total. The molecule has 0 fully saturated rings. The number of carbonyl (C=O) groups excluding carboxylic acids is 1. The summed E-state index contributed by atoms with van der Waals surface area (Å²) in [6.45, 7) is 1.01. The van der Waals surface area contributed by atoms with Crippen LogP contribution in [0.4, 0.5) is 0 Å². The summed E-state index contributed by atoms with van der Waals surface area (Å²) in [6, 6.07) is 0. The predicted molar refractivity (Wildman–Crippen MR) is 47.7 cm³/mol. The molecule has 1 rings (SSSR count). The second-order valence-corrected chi connectivity index (χ2v) is 2.11. The van der Waals surface area contributed by atoms with Crippen molar-refractivity contribution < 1.29 is 9.53 Å². The van der Waals surface area contributed by atoms with Gasteiger partial charge in [0.1, 0.15) is 6.33 Å². The Hall–Kier alpha value is -1.14. The van der Waals surface area contributed by atoms with E-state index in [1.54, 1.807) is 0 Å². The molecular formula is C6H11ClN4O2. The van der Waals surface area contributed by atoms with Crippen LogP contribution in [-0.2, 0) is 11.3 Å². The van der Waals surface area contributed by atoms with Gasteiger partial charge in [-0.25, -0.2) is 9.78 Å². The highest BCUT2D eigenvalue weighted by atomic mass is 35.5. The third-order valence-electron chi connectivity index (χ3n) is 1.26. The molecule has 0 amide bonds. The summed E-state index contributed by atoms with van der Waals surface area (Å²) in [5, 5.41) is 3.82. The minimum atomic E-state index is -0.536. The summed E-state index contributed by atoms with van der Waals surface area (Å²) < 4.78 is 5.91. The molecule has 1 aromatic heterocycles. The van der Waals surface area contributed by atoms with Crippen LogP contribution in [0.25, 0.3) is 0 Å². The van der Waals surface area contributed by atoms with Gasteiger partial charge in [-0.05, 0) is 0 Å². The van der Waals surface area contributed by atoms with Gasteiger partial charge in [-0.1, -0.05) is 0 Å². The molecule has 0 saturated carbocycles. The molecule has 0 spiro atoms. The second kappa shape index (κ2) is 5.50. The first-order chi connectivity index (χ1) is 5.77. The molecule has 74 valence electrons. The summed E-state index contributed by atoms with van der Waals surface area (Å²) in [5.41, 5.74) is 5.27. The zero-order valence-corrected chi connectivity index (χ0v) is 7.95. The molecule has 0 radical (unpaired) electrons.